The minimum atomic E-state index is -0.319. The summed E-state index contributed by atoms with van der Waals surface area (Å²) in [7, 11) is 1.56. The molecule has 0 fully saturated rings. The molecule has 0 atom stereocenters. The Kier molecular flexibility index (Phi) is 5.17. The van der Waals surface area contributed by atoms with Crippen LogP contribution in [0, 0.1) is 11.3 Å². The van der Waals surface area contributed by atoms with Gasteiger partial charge in [-0.1, -0.05) is 23.9 Å². The highest BCUT2D eigenvalue weighted by molar-refractivity contribution is 7.99. The fourth-order valence-electron chi connectivity index (χ4n) is 2.68. The quantitative estimate of drug-likeness (QED) is 0.608. The van der Waals surface area contributed by atoms with Crippen LogP contribution in [0.25, 0.3) is 5.69 Å². The molecule has 1 aliphatic heterocycles. The molecule has 1 amide bonds. The van der Waals surface area contributed by atoms with Crippen LogP contribution in [0.5, 0.6) is 17.2 Å². The molecule has 29 heavy (non-hydrogen) atoms. The number of carbonyl (C=O) groups excluding carboxylic acids is 1. The van der Waals surface area contributed by atoms with Gasteiger partial charge in [-0.25, -0.2) is 0 Å². The normalized spacial score (nSPS) is 11.7. The fourth-order valence-corrected chi connectivity index (χ4v) is 3.36. The molecule has 2 aromatic carbocycles. The average molecular weight is 410 g/mol. The van der Waals surface area contributed by atoms with Gasteiger partial charge in [0, 0.05) is 12.1 Å². The van der Waals surface area contributed by atoms with Gasteiger partial charge in [-0.05, 0) is 22.6 Å². The Morgan fingerprint density at radius 2 is 2.14 bits per heavy atom. The summed E-state index contributed by atoms with van der Waals surface area (Å²) in [4.78, 5) is 12.4. The molecule has 0 spiro atoms. The molecule has 10 nitrogen and oxygen atoms in total. The fraction of sp³-hybridized carbons (Fsp3) is 0.167. The molecular weight excluding hydrogens is 396 g/mol. The van der Waals surface area contributed by atoms with E-state index in [9.17, 15) is 10.1 Å². The van der Waals surface area contributed by atoms with Crippen molar-refractivity contribution in [3.8, 4) is 29.0 Å². The maximum Gasteiger partial charge on any atom is 0.234 e. The topological polar surface area (TPSA) is 124 Å². The Hall–Kier alpha value is -3.78. The molecule has 3 aromatic rings. The molecule has 0 saturated heterocycles. The van der Waals surface area contributed by atoms with E-state index < -0.39 is 0 Å². The van der Waals surface area contributed by atoms with Gasteiger partial charge in [0.25, 0.3) is 0 Å². The van der Waals surface area contributed by atoms with Crippen LogP contribution in [0.15, 0.2) is 41.6 Å². The zero-order chi connectivity index (χ0) is 20.2. The number of rotatable bonds is 6. The van der Waals surface area contributed by atoms with Crippen LogP contribution in [0.4, 0.5) is 5.69 Å². The van der Waals surface area contributed by atoms with E-state index in [2.05, 4.69) is 20.8 Å². The number of nitrogens with zero attached hydrogens (tertiary/aromatic N) is 5. The van der Waals surface area contributed by atoms with E-state index in [4.69, 9.17) is 14.2 Å². The SMILES string of the molecule is COc1ccccc1-n1nnnc1SCC(=O)Nc1cc2c(cc1C#N)OCO2. The van der Waals surface area contributed by atoms with Gasteiger partial charge in [-0.15, -0.1) is 5.10 Å². The van der Waals surface area contributed by atoms with E-state index in [1.54, 1.807) is 19.2 Å². The number of methoxy groups -OCH3 is 1. The van der Waals surface area contributed by atoms with Gasteiger partial charge < -0.3 is 19.5 Å². The van der Waals surface area contributed by atoms with Crippen molar-refractivity contribution in [3.63, 3.8) is 0 Å². The van der Waals surface area contributed by atoms with E-state index in [-0.39, 0.29) is 24.0 Å². The Morgan fingerprint density at radius 1 is 1.34 bits per heavy atom. The number of hydrogen-bond acceptors (Lipinski definition) is 9. The number of para-hydroxylation sites is 2. The number of aromatic nitrogens is 4. The molecule has 11 heteroatoms. The Bertz CT molecular complexity index is 1110. The molecule has 4 rings (SSSR count). The summed E-state index contributed by atoms with van der Waals surface area (Å²) in [5.74, 6) is 1.27. The minimum absolute atomic E-state index is 0.0365. The number of tetrazole rings is 1. The lowest BCUT2D eigenvalue weighted by molar-refractivity contribution is -0.113. The van der Waals surface area contributed by atoms with Crippen molar-refractivity contribution in [1.29, 1.82) is 5.26 Å². The van der Waals surface area contributed by atoms with Gasteiger partial charge in [0.05, 0.1) is 24.1 Å². The summed E-state index contributed by atoms with van der Waals surface area (Å²) in [5.41, 5.74) is 1.29. The number of hydrogen-bond donors (Lipinski definition) is 1. The van der Waals surface area contributed by atoms with Crippen molar-refractivity contribution >= 4 is 23.4 Å². The van der Waals surface area contributed by atoms with Crippen LogP contribution in [-0.2, 0) is 4.79 Å². The van der Waals surface area contributed by atoms with E-state index in [1.165, 1.54) is 10.7 Å². The number of carbonyl (C=O) groups is 1. The third kappa shape index (κ3) is 3.78. The highest BCUT2D eigenvalue weighted by Crippen LogP contribution is 2.37. The average Bonchev–Trinajstić information content (AvgIpc) is 3.40. The van der Waals surface area contributed by atoms with Gasteiger partial charge >= 0.3 is 0 Å². The molecule has 0 radical (unpaired) electrons. The van der Waals surface area contributed by atoms with Gasteiger partial charge in [0.15, 0.2) is 11.5 Å². The highest BCUT2D eigenvalue weighted by atomic mass is 32.2. The second kappa shape index (κ2) is 8.07. The number of amides is 1. The summed E-state index contributed by atoms with van der Waals surface area (Å²) < 4.78 is 17.4. The molecule has 0 aliphatic carbocycles. The third-order valence-electron chi connectivity index (χ3n) is 3.99. The van der Waals surface area contributed by atoms with Crippen LogP contribution in [0.3, 0.4) is 0 Å². The molecule has 0 bridgehead atoms. The summed E-state index contributed by atoms with van der Waals surface area (Å²) >= 11 is 1.15. The largest absolute Gasteiger partial charge is 0.494 e. The van der Waals surface area contributed by atoms with Gasteiger partial charge in [-0.3, -0.25) is 4.79 Å². The lowest BCUT2D eigenvalue weighted by Crippen LogP contribution is -2.15. The maximum absolute atomic E-state index is 12.4. The second-order valence-corrected chi connectivity index (χ2v) is 6.69. The van der Waals surface area contributed by atoms with Crippen LogP contribution in [0.1, 0.15) is 5.56 Å². The van der Waals surface area contributed by atoms with Gasteiger partial charge in [0.1, 0.15) is 17.5 Å². The zero-order valence-electron chi connectivity index (χ0n) is 15.2. The number of benzene rings is 2. The van der Waals surface area contributed by atoms with Crippen molar-refractivity contribution in [2.45, 2.75) is 5.16 Å². The first-order valence-electron chi connectivity index (χ1n) is 8.37. The van der Waals surface area contributed by atoms with Crippen molar-refractivity contribution in [2.24, 2.45) is 0 Å². The predicted molar refractivity (Wildman–Crippen MR) is 102 cm³/mol. The molecule has 0 saturated carbocycles. The Labute approximate surface area is 169 Å². The standard InChI is InChI=1S/C18H14N6O4S/c1-26-14-5-3-2-4-13(14)24-18(21-22-23-24)29-9-17(25)20-12-7-16-15(27-10-28-16)6-11(12)8-19/h2-7H,9-10H2,1H3,(H,20,25). The molecule has 0 unspecified atom stereocenters. The Morgan fingerprint density at radius 3 is 2.93 bits per heavy atom. The first kappa shape index (κ1) is 18.6. The van der Waals surface area contributed by atoms with Crippen molar-refractivity contribution in [2.75, 3.05) is 25.0 Å². The van der Waals surface area contributed by atoms with Crippen LogP contribution in [-0.4, -0.2) is 45.8 Å². The third-order valence-corrected chi connectivity index (χ3v) is 4.91. The summed E-state index contributed by atoms with van der Waals surface area (Å²) in [6.07, 6.45) is 0. The number of anilines is 1. The number of nitriles is 1. The van der Waals surface area contributed by atoms with Gasteiger partial charge in [-0.2, -0.15) is 9.94 Å². The lowest BCUT2D eigenvalue weighted by Gasteiger charge is -2.10. The number of fused-ring (bicyclic) bond motifs is 1. The summed E-state index contributed by atoms with van der Waals surface area (Å²) in [5, 5.41) is 24.1. The number of thioether (sulfide) groups is 1. The smallest absolute Gasteiger partial charge is 0.234 e. The van der Waals surface area contributed by atoms with Crippen molar-refractivity contribution in [1.82, 2.24) is 20.2 Å². The molecule has 1 N–H and O–H groups in total. The van der Waals surface area contributed by atoms with E-state index in [0.29, 0.717) is 33.8 Å². The molecular formula is C18H14N6O4S. The predicted octanol–water partition coefficient (Wildman–Crippen LogP) is 2.00. The number of ether oxygens (including phenoxy) is 3. The van der Waals surface area contributed by atoms with Crippen LogP contribution in [0.2, 0.25) is 0 Å². The Balaban J connectivity index is 1.47. The first-order chi connectivity index (χ1) is 14.2. The molecule has 146 valence electrons. The summed E-state index contributed by atoms with van der Waals surface area (Å²) in [6.45, 7) is 0.0824. The van der Waals surface area contributed by atoms with Gasteiger partial charge in [0.2, 0.25) is 17.9 Å². The van der Waals surface area contributed by atoms with E-state index in [0.717, 1.165) is 11.8 Å². The number of nitrogens with one attached hydrogen (secondary N) is 1. The second-order valence-electron chi connectivity index (χ2n) is 5.74. The first-order valence-corrected chi connectivity index (χ1v) is 9.36. The zero-order valence-corrected chi connectivity index (χ0v) is 16.0. The molecule has 2 heterocycles. The van der Waals surface area contributed by atoms with E-state index >= 15 is 0 Å². The lowest BCUT2D eigenvalue weighted by atomic mass is 10.1. The maximum atomic E-state index is 12.4. The highest BCUT2D eigenvalue weighted by Gasteiger charge is 2.19. The monoisotopic (exact) mass is 410 g/mol. The van der Waals surface area contributed by atoms with Crippen molar-refractivity contribution in [3.05, 3.63) is 42.0 Å². The minimum Gasteiger partial charge on any atom is -0.494 e. The molecule has 1 aromatic heterocycles. The van der Waals surface area contributed by atoms with Crippen LogP contribution < -0.4 is 19.5 Å². The van der Waals surface area contributed by atoms with Crippen LogP contribution >= 0.6 is 11.8 Å². The summed E-state index contributed by atoms with van der Waals surface area (Å²) in [6, 6.07) is 12.4. The molecule has 1 aliphatic rings. The van der Waals surface area contributed by atoms with Crippen molar-refractivity contribution < 1.29 is 19.0 Å². The van der Waals surface area contributed by atoms with E-state index in [1.807, 2.05) is 24.3 Å².